The predicted octanol–water partition coefficient (Wildman–Crippen LogP) is 3.95. The Kier molecular flexibility index (Phi) is 7.46. The van der Waals surface area contributed by atoms with Crippen molar-refractivity contribution in [2.45, 2.75) is 12.5 Å². The van der Waals surface area contributed by atoms with Gasteiger partial charge in [0.25, 0.3) is 0 Å². The number of piperazine rings is 1. The Morgan fingerprint density at radius 1 is 0.935 bits per heavy atom. The molecule has 0 bridgehead atoms. The molecule has 2 heterocycles. The van der Waals surface area contributed by atoms with E-state index < -0.39 is 0 Å². The van der Waals surface area contributed by atoms with Gasteiger partial charge in [-0.3, -0.25) is 9.69 Å². The second-order valence-corrected chi connectivity index (χ2v) is 8.90. The maximum absolute atomic E-state index is 13.4. The molecule has 6 heteroatoms. The molecule has 0 aliphatic carbocycles. The molecule has 1 aliphatic heterocycles. The zero-order valence-electron chi connectivity index (χ0n) is 17.5. The number of hydrogen-bond acceptors (Lipinski definition) is 4. The summed E-state index contributed by atoms with van der Waals surface area (Å²) in [7, 11) is 0. The van der Waals surface area contributed by atoms with Gasteiger partial charge in [0, 0.05) is 37.6 Å². The van der Waals surface area contributed by atoms with Crippen LogP contribution in [-0.4, -0.2) is 55.0 Å². The molecule has 1 aromatic heterocycles. The van der Waals surface area contributed by atoms with Gasteiger partial charge in [-0.15, -0.1) is 11.3 Å². The minimum atomic E-state index is -0.273. The monoisotopic (exact) mass is 437 g/mol. The lowest BCUT2D eigenvalue weighted by atomic mass is 10.1. The van der Waals surface area contributed by atoms with Gasteiger partial charge in [0.05, 0.1) is 12.6 Å². The van der Waals surface area contributed by atoms with Crippen LogP contribution in [0, 0.1) is 5.82 Å². The SMILES string of the molecule is O=C(CN1CCN(CCc2ccccc2)CC1)NC(c1ccc(F)cc1)c1cccs1. The topological polar surface area (TPSA) is 35.6 Å². The first-order chi connectivity index (χ1) is 15.2. The molecule has 1 amide bonds. The highest BCUT2D eigenvalue weighted by atomic mass is 32.1. The molecule has 4 rings (SSSR count). The van der Waals surface area contributed by atoms with Gasteiger partial charge >= 0.3 is 0 Å². The maximum atomic E-state index is 13.4. The molecule has 1 saturated heterocycles. The molecule has 4 nitrogen and oxygen atoms in total. The van der Waals surface area contributed by atoms with E-state index in [-0.39, 0.29) is 17.8 Å². The van der Waals surface area contributed by atoms with Crippen molar-refractivity contribution in [3.05, 3.63) is 93.9 Å². The quantitative estimate of drug-likeness (QED) is 0.580. The van der Waals surface area contributed by atoms with Crippen molar-refractivity contribution in [2.75, 3.05) is 39.3 Å². The van der Waals surface area contributed by atoms with Gasteiger partial charge in [-0.25, -0.2) is 4.39 Å². The molecule has 1 unspecified atom stereocenters. The second kappa shape index (κ2) is 10.7. The van der Waals surface area contributed by atoms with Gasteiger partial charge in [-0.1, -0.05) is 48.5 Å². The minimum Gasteiger partial charge on any atom is -0.343 e. The van der Waals surface area contributed by atoms with Crippen LogP contribution in [0.5, 0.6) is 0 Å². The number of carbonyl (C=O) groups is 1. The molecule has 0 radical (unpaired) electrons. The number of nitrogens with zero attached hydrogens (tertiary/aromatic N) is 2. The summed E-state index contributed by atoms with van der Waals surface area (Å²) in [5.41, 5.74) is 2.26. The summed E-state index contributed by atoms with van der Waals surface area (Å²) in [5, 5.41) is 5.15. The highest BCUT2D eigenvalue weighted by Crippen LogP contribution is 2.26. The van der Waals surface area contributed by atoms with E-state index in [1.54, 1.807) is 23.5 Å². The van der Waals surface area contributed by atoms with E-state index in [0.717, 1.165) is 49.6 Å². The van der Waals surface area contributed by atoms with Crippen molar-refractivity contribution in [2.24, 2.45) is 0 Å². The Balaban J connectivity index is 1.27. The number of rotatable bonds is 8. The van der Waals surface area contributed by atoms with Crippen LogP contribution in [0.4, 0.5) is 4.39 Å². The zero-order chi connectivity index (χ0) is 21.5. The molecular weight excluding hydrogens is 409 g/mol. The molecule has 2 aromatic carbocycles. The van der Waals surface area contributed by atoms with Crippen LogP contribution >= 0.6 is 11.3 Å². The summed E-state index contributed by atoms with van der Waals surface area (Å²) in [6.07, 6.45) is 1.06. The fourth-order valence-corrected chi connectivity index (χ4v) is 4.74. The average molecular weight is 438 g/mol. The Hall–Kier alpha value is -2.54. The molecule has 162 valence electrons. The first-order valence-corrected chi connectivity index (χ1v) is 11.6. The Labute approximate surface area is 187 Å². The summed E-state index contributed by atoms with van der Waals surface area (Å²) in [4.78, 5) is 18.5. The van der Waals surface area contributed by atoms with Gasteiger partial charge in [-0.05, 0) is 41.1 Å². The summed E-state index contributed by atoms with van der Waals surface area (Å²) < 4.78 is 13.4. The van der Waals surface area contributed by atoms with Gasteiger partial charge in [0.1, 0.15) is 5.82 Å². The normalized spacial score (nSPS) is 16.2. The molecule has 1 atom stereocenters. The van der Waals surface area contributed by atoms with Crippen LogP contribution in [0.3, 0.4) is 0 Å². The van der Waals surface area contributed by atoms with Crippen molar-refractivity contribution in [3.8, 4) is 0 Å². The van der Waals surface area contributed by atoms with Gasteiger partial charge in [-0.2, -0.15) is 0 Å². The molecule has 0 saturated carbocycles. The molecule has 1 aliphatic rings. The fourth-order valence-electron chi connectivity index (χ4n) is 3.94. The number of halogens is 1. The van der Waals surface area contributed by atoms with E-state index in [9.17, 15) is 9.18 Å². The number of hydrogen-bond donors (Lipinski definition) is 1. The van der Waals surface area contributed by atoms with Gasteiger partial charge < -0.3 is 10.2 Å². The number of carbonyl (C=O) groups excluding carboxylic acids is 1. The molecule has 0 spiro atoms. The maximum Gasteiger partial charge on any atom is 0.234 e. The molecule has 31 heavy (non-hydrogen) atoms. The number of benzene rings is 2. The fraction of sp³-hybridized carbons (Fsp3) is 0.320. The third-order valence-electron chi connectivity index (χ3n) is 5.73. The Morgan fingerprint density at radius 3 is 2.32 bits per heavy atom. The molecule has 1 N–H and O–H groups in total. The summed E-state index contributed by atoms with van der Waals surface area (Å²) in [6, 6.07) is 20.7. The second-order valence-electron chi connectivity index (χ2n) is 7.92. The van der Waals surface area contributed by atoms with E-state index >= 15 is 0 Å². The summed E-state index contributed by atoms with van der Waals surface area (Å²) in [6.45, 7) is 5.17. The third-order valence-corrected chi connectivity index (χ3v) is 6.67. The van der Waals surface area contributed by atoms with E-state index in [1.165, 1.54) is 17.7 Å². The predicted molar refractivity (Wildman–Crippen MR) is 124 cm³/mol. The van der Waals surface area contributed by atoms with Crippen LogP contribution in [0.15, 0.2) is 72.1 Å². The van der Waals surface area contributed by atoms with E-state index in [2.05, 4.69) is 39.4 Å². The standard InChI is InChI=1S/C25H28FN3OS/c26-22-10-8-21(9-11-22)25(23-7-4-18-31-23)27-24(30)19-29-16-14-28(15-17-29)13-12-20-5-2-1-3-6-20/h1-11,18,25H,12-17,19H2,(H,27,30). The Bertz CT molecular complexity index is 939. The lowest BCUT2D eigenvalue weighted by Gasteiger charge is -2.34. The number of thiophene rings is 1. The van der Waals surface area contributed by atoms with E-state index in [4.69, 9.17) is 0 Å². The van der Waals surface area contributed by atoms with Crippen molar-refractivity contribution in [3.63, 3.8) is 0 Å². The van der Waals surface area contributed by atoms with E-state index in [0.29, 0.717) is 6.54 Å². The van der Waals surface area contributed by atoms with Crippen LogP contribution in [0.1, 0.15) is 22.0 Å². The Morgan fingerprint density at radius 2 is 1.65 bits per heavy atom. The van der Waals surface area contributed by atoms with Crippen LogP contribution in [0.25, 0.3) is 0 Å². The van der Waals surface area contributed by atoms with Crippen LogP contribution in [-0.2, 0) is 11.2 Å². The lowest BCUT2D eigenvalue weighted by molar-refractivity contribution is -0.123. The van der Waals surface area contributed by atoms with Crippen molar-refractivity contribution in [1.82, 2.24) is 15.1 Å². The highest BCUT2D eigenvalue weighted by molar-refractivity contribution is 7.10. The minimum absolute atomic E-state index is 0.000426. The first-order valence-electron chi connectivity index (χ1n) is 10.7. The van der Waals surface area contributed by atoms with Crippen LogP contribution in [0.2, 0.25) is 0 Å². The van der Waals surface area contributed by atoms with Crippen molar-refractivity contribution >= 4 is 17.2 Å². The van der Waals surface area contributed by atoms with Crippen LogP contribution < -0.4 is 5.32 Å². The smallest absolute Gasteiger partial charge is 0.234 e. The van der Waals surface area contributed by atoms with E-state index in [1.807, 2.05) is 23.6 Å². The lowest BCUT2D eigenvalue weighted by Crippen LogP contribution is -2.50. The number of amides is 1. The van der Waals surface area contributed by atoms with Crippen molar-refractivity contribution < 1.29 is 9.18 Å². The largest absolute Gasteiger partial charge is 0.343 e. The molecular formula is C25H28FN3OS. The molecule has 3 aromatic rings. The van der Waals surface area contributed by atoms with Gasteiger partial charge in [0.15, 0.2) is 0 Å². The average Bonchev–Trinajstić information content (AvgIpc) is 3.33. The van der Waals surface area contributed by atoms with Crippen molar-refractivity contribution in [1.29, 1.82) is 0 Å². The first kappa shape index (κ1) is 21.7. The zero-order valence-corrected chi connectivity index (χ0v) is 18.4. The number of nitrogens with one attached hydrogen (secondary N) is 1. The summed E-state index contributed by atoms with van der Waals surface area (Å²) >= 11 is 1.59. The summed E-state index contributed by atoms with van der Waals surface area (Å²) in [5.74, 6) is -0.273. The highest BCUT2D eigenvalue weighted by Gasteiger charge is 2.22. The third kappa shape index (κ3) is 6.23. The molecule has 1 fully saturated rings. The van der Waals surface area contributed by atoms with Gasteiger partial charge in [0.2, 0.25) is 5.91 Å².